The van der Waals surface area contributed by atoms with Gasteiger partial charge in [0.25, 0.3) is 0 Å². The molecular formula is C7H6BBrO. The molecule has 0 aliphatic carbocycles. The molecule has 2 radical (unpaired) electrons. The highest BCUT2D eigenvalue weighted by atomic mass is 79.9. The lowest BCUT2D eigenvalue weighted by molar-refractivity contribution is 0.283. The van der Waals surface area contributed by atoms with E-state index in [1.54, 1.807) is 6.07 Å². The Morgan fingerprint density at radius 3 is 2.70 bits per heavy atom. The van der Waals surface area contributed by atoms with Crippen molar-refractivity contribution in [3.63, 3.8) is 0 Å². The molecule has 50 valence electrons. The third-order valence-corrected chi connectivity index (χ3v) is 2.01. The van der Waals surface area contributed by atoms with Crippen LogP contribution in [0.5, 0.6) is 0 Å². The summed E-state index contributed by atoms with van der Waals surface area (Å²) < 4.78 is 0.832. The fourth-order valence-electron chi connectivity index (χ4n) is 0.720. The molecule has 1 aromatic carbocycles. The topological polar surface area (TPSA) is 20.2 Å². The number of rotatable bonds is 1. The number of aliphatic hydroxyl groups is 1. The molecule has 0 heterocycles. The van der Waals surface area contributed by atoms with E-state index in [9.17, 15) is 0 Å². The predicted octanol–water partition coefficient (Wildman–Crippen LogP) is 0.735. The Hall–Kier alpha value is -0.275. The molecule has 1 rings (SSSR count). The van der Waals surface area contributed by atoms with Crippen LogP contribution in [-0.4, -0.2) is 13.0 Å². The summed E-state index contributed by atoms with van der Waals surface area (Å²) in [5.41, 5.74) is 1.37. The molecule has 1 aromatic rings. The zero-order chi connectivity index (χ0) is 7.56. The lowest BCUT2D eigenvalue weighted by atomic mass is 9.91. The second kappa shape index (κ2) is 3.22. The first-order chi connectivity index (χ1) is 4.75. The van der Waals surface area contributed by atoms with Crippen LogP contribution in [0.1, 0.15) is 5.56 Å². The van der Waals surface area contributed by atoms with Gasteiger partial charge < -0.3 is 5.11 Å². The van der Waals surface area contributed by atoms with Gasteiger partial charge in [-0.1, -0.05) is 33.5 Å². The van der Waals surface area contributed by atoms with E-state index in [-0.39, 0.29) is 6.61 Å². The molecule has 3 heteroatoms. The lowest BCUT2D eigenvalue weighted by Crippen LogP contribution is -2.11. The van der Waals surface area contributed by atoms with Gasteiger partial charge in [-0.3, -0.25) is 0 Å². The van der Waals surface area contributed by atoms with Crippen molar-refractivity contribution in [3.8, 4) is 0 Å². The summed E-state index contributed by atoms with van der Waals surface area (Å²) in [6.07, 6.45) is 0. The van der Waals surface area contributed by atoms with Crippen molar-refractivity contribution < 1.29 is 5.11 Å². The summed E-state index contributed by atoms with van der Waals surface area (Å²) in [5, 5.41) is 8.74. The normalized spacial score (nSPS) is 9.80. The van der Waals surface area contributed by atoms with Gasteiger partial charge in [0.05, 0.1) is 6.61 Å². The van der Waals surface area contributed by atoms with Crippen molar-refractivity contribution >= 4 is 29.2 Å². The largest absolute Gasteiger partial charge is 0.392 e. The molecule has 0 aliphatic rings. The second-order valence-electron chi connectivity index (χ2n) is 1.97. The van der Waals surface area contributed by atoms with E-state index >= 15 is 0 Å². The van der Waals surface area contributed by atoms with Crippen LogP contribution in [0, 0.1) is 0 Å². The molecule has 10 heavy (non-hydrogen) atoms. The number of aliphatic hydroxyl groups excluding tert-OH is 1. The van der Waals surface area contributed by atoms with Gasteiger partial charge in [-0.2, -0.15) is 0 Å². The maximum Gasteiger partial charge on any atom is 0.115 e. The van der Waals surface area contributed by atoms with Gasteiger partial charge in [0, 0.05) is 4.47 Å². The summed E-state index contributed by atoms with van der Waals surface area (Å²) in [6, 6.07) is 5.47. The third-order valence-electron chi connectivity index (χ3n) is 1.31. The molecule has 1 nitrogen and oxygen atoms in total. The van der Waals surface area contributed by atoms with E-state index in [0.717, 1.165) is 10.0 Å². The van der Waals surface area contributed by atoms with Gasteiger partial charge in [0.2, 0.25) is 0 Å². The minimum Gasteiger partial charge on any atom is -0.392 e. The molecule has 0 aliphatic heterocycles. The molecule has 1 N–H and O–H groups in total. The molecule has 0 bridgehead atoms. The first-order valence-corrected chi connectivity index (χ1v) is 3.68. The quantitative estimate of drug-likeness (QED) is 0.658. The minimum atomic E-state index is -0.00866. The van der Waals surface area contributed by atoms with Crippen LogP contribution in [0.4, 0.5) is 0 Å². The predicted molar refractivity (Wildman–Crippen MR) is 45.5 cm³/mol. The van der Waals surface area contributed by atoms with Crippen LogP contribution in [0.15, 0.2) is 22.7 Å². The second-order valence-corrected chi connectivity index (χ2v) is 2.83. The minimum absolute atomic E-state index is 0.00866. The van der Waals surface area contributed by atoms with Crippen LogP contribution in [-0.2, 0) is 6.61 Å². The SMILES string of the molecule is [B]c1c(Br)cccc1CO. The molecule has 0 amide bonds. The Bertz CT molecular complexity index is 237. The van der Waals surface area contributed by atoms with Crippen molar-refractivity contribution in [1.29, 1.82) is 0 Å². The molecule has 0 spiro atoms. The van der Waals surface area contributed by atoms with E-state index in [1.165, 1.54) is 0 Å². The Labute approximate surface area is 69.6 Å². The summed E-state index contributed by atoms with van der Waals surface area (Å²) >= 11 is 3.25. The van der Waals surface area contributed by atoms with E-state index < -0.39 is 0 Å². The van der Waals surface area contributed by atoms with Crippen LogP contribution in [0.3, 0.4) is 0 Å². The van der Waals surface area contributed by atoms with Gasteiger partial charge in [0.15, 0.2) is 0 Å². The molecule has 0 saturated heterocycles. The highest BCUT2D eigenvalue weighted by Gasteiger charge is 1.97. The van der Waals surface area contributed by atoms with Crippen molar-refractivity contribution in [2.24, 2.45) is 0 Å². The molecule has 0 atom stereocenters. The Morgan fingerprint density at radius 2 is 2.20 bits per heavy atom. The summed E-state index contributed by atoms with van der Waals surface area (Å²) in [5.74, 6) is 0. The number of hydrogen-bond acceptors (Lipinski definition) is 1. The Morgan fingerprint density at radius 1 is 1.50 bits per heavy atom. The Balaban J connectivity index is 3.14. The van der Waals surface area contributed by atoms with Crippen molar-refractivity contribution in [1.82, 2.24) is 0 Å². The van der Waals surface area contributed by atoms with Crippen LogP contribution in [0.2, 0.25) is 0 Å². The number of hydrogen-bond donors (Lipinski definition) is 1. The molecule has 0 unspecified atom stereocenters. The molecular weight excluding hydrogens is 191 g/mol. The van der Waals surface area contributed by atoms with Crippen molar-refractivity contribution in [2.75, 3.05) is 0 Å². The highest BCUT2D eigenvalue weighted by Crippen LogP contribution is 2.07. The maximum atomic E-state index is 8.74. The fraction of sp³-hybridized carbons (Fsp3) is 0.143. The average molecular weight is 197 g/mol. The summed E-state index contributed by atoms with van der Waals surface area (Å²) in [4.78, 5) is 0. The van der Waals surface area contributed by atoms with E-state index in [1.807, 2.05) is 12.1 Å². The zero-order valence-corrected chi connectivity index (χ0v) is 6.93. The van der Waals surface area contributed by atoms with E-state index in [2.05, 4.69) is 15.9 Å². The van der Waals surface area contributed by atoms with Gasteiger partial charge in [-0.05, 0) is 11.6 Å². The molecule has 0 fully saturated rings. The summed E-state index contributed by atoms with van der Waals surface area (Å²) in [7, 11) is 5.59. The van der Waals surface area contributed by atoms with Crippen LogP contribution >= 0.6 is 15.9 Å². The highest BCUT2D eigenvalue weighted by molar-refractivity contribution is 9.10. The van der Waals surface area contributed by atoms with Crippen LogP contribution in [0.25, 0.3) is 0 Å². The van der Waals surface area contributed by atoms with Crippen molar-refractivity contribution in [3.05, 3.63) is 28.2 Å². The summed E-state index contributed by atoms with van der Waals surface area (Å²) in [6.45, 7) is -0.00866. The van der Waals surface area contributed by atoms with Crippen LogP contribution < -0.4 is 5.46 Å². The van der Waals surface area contributed by atoms with E-state index in [4.69, 9.17) is 13.0 Å². The Kier molecular flexibility index (Phi) is 2.52. The van der Waals surface area contributed by atoms with Gasteiger partial charge in [0.1, 0.15) is 7.85 Å². The first kappa shape index (κ1) is 7.83. The standard InChI is InChI=1S/C7H6BBrO/c8-7-5(4-10)2-1-3-6(7)9/h1-3,10H,4H2. The third kappa shape index (κ3) is 1.41. The molecule has 0 aromatic heterocycles. The maximum absolute atomic E-state index is 8.74. The lowest BCUT2D eigenvalue weighted by Gasteiger charge is -2.02. The van der Waals surface area contributed by atoms with Gasteiger partial charge >= 0.3 is 0 Å². The average Bonchev–Trinajstić information content (AvgIpc) is 1.95. The van der Waals surface area contributed by atoms with Gasteiger partial charge in [-0.25, -0.2) is 0 Å². The number of benzene rings is 1. The smallest absolute Gasteiger partial charge is 0.115 e. The molecule has 0 saturated carbocycles. The monoisotopic (exact) mass is 196 g/mol. The first-order valence-electron chi connectivity index (χ1n) is 2.89. The number of halogens is 1. The zero-order valence-electron chi connectivity index (χ0n) is 5.34. The van der Waals surface area contributed by atoms with Crippen molar-refractivity contribution in [2.45, 2.75) is 6.61 Å². The van der Waals surface area contributed by atoms with Gasteiger partial charge in [-0.15, -0.1) is 0 Å². The van der Waals surface area contributed by atoms with E-state index in [0.29, 0.717) is 5.46 Å². The fourth-order valence-corrected chi connectivity index (χ4v) is 1.13.